The molecule has 1 aromatic heterocycles. The van der Waals surface area contributed by atoms with Gasteiger partial charge in [-0.05, 0) is 36.8 Å². The van der Waals surface area contributed by atoms with Crippen molar-refractivity contribution in [3.05, 3.63) is 84.2 Å². The van der Waals surface area contributed by atoms with Gasteiger partial charge in [-0.3, -0.25) is 9.78 Å². The number of nitrogens with one attached hydrogen (secondary N) is 2. The number of amides is 1. The first kappa shape index (κ1) is 18.2. The number of anilines is 1. The lowest BCUT2D eigenvalue weighted by atomic mass is 9.88. The fraction of sp³-hybridized carbons (Fsp3) is 0.217. The fourth-order valence-electron chi connectivity index (χ4n) is 3.53. The van der Waals surface area contributed by atoms with Gasteiger partial charge in [0.15, 0.2) is 0 Å². The van der Waals surface area contributed by atoms with Crippen molar-refractivity contribution in [1.29, 1.82) is 0 Å². The molecule has 0 saturated carbocycles. The molecular weight excluding hydrogens is 350 g/mol. The maximum absolute atomic E-state index is 12.9. The highest BCUT2D eigenvalue weighted by Crippen LogP contribution is 2.30. The summed E-state index contributed by atoms with van der Waals surface area (Å²) in [5.41, 5.74) is 2.85. The zero-order chi connectivity index (χ0) is 19.3. The number of hydrogen-bond acceptors (Lipinski definition) is 4. The first-order valence-electron chi connectivity index (χ1n) is 9.46. The van der Waals surface area contributed by atoms with Gasteiger partial charge in [0.05, 0.1) is 12.1 Å². The molecule has 5 nitrogen and oxygen atoms in total. The van der Waals surface area contributed by atoms with Crippen molar-refractivity contribution < 1.29 is 9.53 Å². The SMILES string of the molecule is Cc1ccc(Oc2cccc(NC(=O)[C@H]3CNC[C@@H]3c3ccccc3)c2)cn1. The van der Waals surface area contributed by atoms with E-state index in [1.54, 1.807) is 6.20 Å². The quantitative estimate of drug-likeness (QED) is 0.706. The maximum atomic E-state index is 12.9. The summed E-state index contributed by atoms with van der Waals surface area (Å²) < 4.78 is 5.85. The lowest BCUT2D eigenvalue weighted by Gasteiger charge is -2.19. The minimum atomic E-state index is -0.103. The van der Waals surface area contributed by atoms with Gasteiger partial charge in [-0.2, -0.15) is 0 Å². The van der Waals surface area contributed by atoms with Crippen LogP contribution in [0.1, 0.15) is 17.2 Å². The summed E-state index contributed by atoms with van der Waals surface area (Å²) in [6.07, 6.45) is 1.69. The summed E-state index contributed by atoms with van der Waals surface area (Å²) in [6, 6.07) is 21.4. The van der Waals surface area contributed by atoms with Crippen molar-refractivity contribution in [3.8, 4) is 11.5 Å². The molecule has 2 N–H and O–H groups in total. The molecule has 2 aromatic carbocycles. The Morgan fingerprint density at radius 3 is 2.68 bits per heavy atom. The van der Waals surface area contributed by atoms with Crippen LogP contribution in [-0.2, 0) is 4.79 Å². The third kappa shape index (κ3) is 4.21. The van der Waals surface area contributed by atoms with Crippen LogP contribution in [0.4, 0.5) is 5.69 Å². The fourth-order valence-corrected chi connectivity index (χ4v) is 3.53. The average Bonchev–Trinajstić information content (AvgIpc) is 3.21. The second-order valence-corrected chi connectivity index (χ2v) is 7.04. The molecule has 1 aliphatic heterocycles. The summed E-state index contributed by atoms with van der Waals surface area (Å²) in [5.74, 6) is 1.42. The van der Waals surface area contributed by atoms with Crippen molar-refractivity contribution in [1.82, 2.24) is 10.3 Å². The van der Waals surface area contributed by atoms with Crippen LogP contribution in [-0.4, -0.2) is 24.0 Å². The Balaban J connectivity index is 1.45. The third-order valence-corrected chi connectivity index (χ3v) is 5.00. The van der Waals surface area contributed by atoms with Gasteiger partial charge in [-0.25, -0.2) is 0 Å². The number of carbonyl (C=O) groups excluding carboxylic acids is 1. The minimum Gasteiger partial charge on any atom is -0.456 e. The zero-order valence-corrected chi connectivity index (χ0v) is 15.8. The van der Waals surface area contributed by atoms with E-state index in [0.29, 0.717) is 18.0 Å². The molecule has 5 heteroatoms. The van der Waals surface area contributed by atoms with Crippen LogP contribution in [0.5, 0.6) is 11.5 Å². The standard InChI is InChI=1S/C23H23N3O2/c1-16-10-11-20(13-25-16)28-19-9-5-8-18(12-19)26-23(27)22-15-24-14-21(22)17-6-3-2-4-7-17/h2-13,21-22,24H,14-15H2,1H3,(H,26,27)/t21-,22+/m1/s1. The van der Waals surface area contributed by atoms with Gasteiger partial charge in [0, 0.05) is 36.5 Å². The molecule has 1 saturated heterocycles. The maximum Gasteiger partial charge on any atom is 0.229 e. The highest BCUT2D eigenvalue weighted by Gasteiger charge is 2.33. The minimum absolute atomic E-state index is 0.0213. The number of ether oxygens (including phenoxy) is 1. The molecule has 142 valence electrons. The molecule has 1 fully saturated rings. The van der Waals surface area contributed by atoms with Crippen LogP contribution in [0.2, 0.25) is 0 Å². The first-order valence-corrected chi connectivity index (χ1v) is 9.46. The van der Waals surface area contributed by atoms with E-state index in [2.05, 4.69) is 27.8 Å². The van der Waals surface area contributed by atoms with E-state index in [9.17, 15) is 4.79 Å². The first-order chi connectivity index (χ1) is 13.7. The predicted octanol–water partition coefficient (Wildman–Crippen LogP) is 4.12. The molecule has 28 heavy (non-hydrogen) atoms. The van der Waals surface area contributed by atoms with Gasteiger partial charge >= 0.3 is 0 Å². The van der Waals surface area contributed by atoms with Gasteiger partial charge in [-0.1, -0.05) is 36.4 Å². The van der Waals surface area contributed by atoms with E-state index in [1.807, 2.05) is 61.5 Å². The molecule has 1 amide bonds. The lowest BCUT2D eigenvalue weighted by Crippen LogP contribution is -2.28. The normalized spacial score (nSPS) is 18.6. The predicted molar refractivity (Wildman–Crippen MR) is 110 cm³/mol. The number of pyridine rings is 1. The van der Waals surface area contributed by atoms with Gasteiger partial charge in [0.2, 0.25) is 5.91 Å². The summed E-state index contributed by atoms with van der Waals surface area (Å²) in [4.78, 5) is 17.1. The van der Waals surface area contributed by atoms with Gasteiger partial charge in [-0.15, -0.1) is 0 Å². The van der Waals surface area contributed by atoms with Gasteiger partial charge < -0.3 is 15.4 Å². The highest BCUT2D eigenvalue weighted by molar-refractivity contribution is 5.93. The van der Waals surface area contributed by atoms with Crippen LogP contribution in [0.15, 0.2) is 72.9 Å². The van der Waals surface area contributed by atoms with Crippen LogP contribution in [0.25, 0.3) is 0 Å². The summed E-state index contributed by atoms with van der Waals surface area (Å²) in [6.45, 7) is 3.42. The Kier molecular flexibility index (Phi) is 5.35. The monoisotopic (exact) mass is 373 g/mol. The number of aromatic nitrogens is 1. The van der Waals surface area contributed by atoms with E-state index in [-0.39, 0.29) is 17.7 Å². The highest BCUT2D eigenvalue weighted by atomic mass is 16.5. The molecule has 2 heterocycles. The Morgan fingerprint density at radius 2 is 1.89 bits per heavy atom. The molecule has 3 aromatic rings. The van der Waals surface area contributed by atoms with E-state index >= 15 is 0 Å². The summed E-state index contributed by atoms with van der Waals surface area (Å²) >= 11 is 0. The number of hydrogen-bond donors (Lipinski definition) is 2. The largest absolute Gasteiger partial charge is 0.456 e. The molecule has 0 unspecified atom stereocenters. The Morgan fingerprint density at radius 1 is 1.04 bits per heavy atom. The average molecular weight is 373 g/mol. The molecule has 0 aliphatic carbocycles. The van der Waals surface area contributed by atoms with Crippen LogP contribution in [0.3, 0.4) is 0 Å². The lowest BCUT2D eigenvalue weighted by molar-refractivity contribution is -0.119. The molecule has 0 radical (unpaired) electrons. The van der Waals surface area contributed by atoms with E-state index in [4.69, 9.17) is 4.74 Å². The zero-order valence-electron chi connectivity index (χ0n) is 15.8. The summed E-state index contributed by atoms with van der Waals surface area (Å²) in [7, 11) is 0. The van der Waals surface area contributed by atoms with Crippen molar-refractivity contribution in [2.75, 3.05) is 18.4 Å². The summed E-state index contributed by atoms with van der Waals surface area (Å²) in [5, 5.41) is 6.39. The number of aryl methyl sites for hydroxylation is 1. The molecule has 1 aliphatic rings. The van der Waals surface area contributed by atoms with E-state index < -0.39 is 0 Å². The van der Waals surface area contributed by atoms with Crippen molar-refractivity contribution in [2.24, 2.45) is 5.92 Å². The van der Waals surface area contributed by atoms with Crippen molar-refractivity contribution in [3.63, 3.8) is 0 Å². The molecule has 0 bridgehead atoms. The topological polar surface area (TPSA) is 63.2 Å². The third-order valence-electron chi connectivity index (χ3n) is 5.00. The second kappa shape index (κ2) is 8.23. The number of carbonyl (C=O) groups is 1. The second-order valence-electron chi connectivity index (χ2n) is 7.04. The Hall–Kier alpha value is -3.18. The molecule has 4 rings (SSSR count). The number of nitrogens with zero attached hydrogens (tertiary/aromatic N) is 1. The smallest absolute Gasteiger partial charge is 0.229 e. The molecule has 0 spiro atoms. The van der Waals surface area contributed by atoms with Gasteiger partial charge in [0.1, 0.15) is 11.5 Å². The Bertz CT molecular complexity index is 942. The van der Waals surface area contributed by atoms with Crippen LogP contribution in [0, 0.1) is 12.8 Å². The van der Waals surface area contributed by atoms with Gasteiger partial charge in [0.25, 0.3) is 0 Å². The van der Waals surface area contributed by atoms with Crippen molar-refractivity contribution in [2.45, 2.75) is 12.8 Å². The van der Waals surface area contributed by atoms with Crippen LogP contribution < -0.4 is 15.4 Å². The van der Waals surface area contributed by atoms with Crippen molar-refractivity contribution >= 4 is 11.6 Å². The number of rotatable bonds is 5. The van der Waals surface area contributed by atoms with E-state index in [0.717, 1.165) is 17.9 Å². The molecular formula is C23H23N3O2. The van der Waals surface area contributed by atoms with Crippen LogP contribution >= 0.6 is 0 Å². The number of benzene rings is 2. The van der Waals surface area contributed by atoms with E-state index in [1.165, 1.54) is 5.56 Å². The molecule has 2 atom stereocenters. The Labute approximate surface area is 164 Å².